The second-order valence-corrected chi connectivity index (χ2v) is 8.38. The third-order valence-electron chi connectivity index (χ3n) is 4.83. The molecule has 2 aromatic rings. The van der Waals surface area contributed by atoms with Crippen LogP contribution in [0.3, 0.4) is 0 Å². The van der Waals surface area contributed by atoms with E-state index in [1.807, 2.05) is 13.8 Å². The van der Waals surface area contributed by atoms with E-state index in [1.165, 1.54) is 23.1 Å². The largest absolute Gasteiger partial charge is 0.486 e. The van der Waals surface area contributed by atoms with Gasteiger partial charge in [-0.05, 0) is 43.2 Å². The Hall–Kier alpha value is -3.12. The van der Waals surface area contributed by atoms with Crippen LogP contribution in [0.25, 0.3) is 23.1 Å². The highest BCUT2D eigenvalue weighted by Crippen LogP contribution is 2.33. The number of hydrogen-bond donors (Lipinski definition) is 1. The number of halogens is 4. The Morgan fingerprint density at radius 1 is 1.00 bits per heavy atom. The molecule has 1 N–H and O–H groups in total. The highest BCUT2D eigenvalue weighted by Gasteiger charge is 2.27. The van der Waals surface area contributed by atoms with Gasteiger partial charge in [0.25, 0.3) is 5.70 Å². The van der Waals surface area contributed by atoms with Crippen LogP contribution in [-0.2, 0) is 4.79 Å². The molecule has 1 aromatic heterocycles. The van der Waals surface area contributed by atoms with E-state index < -0.39 is 46.2 Å². The molecule has 9 heteroatoms. The molecule has 0 unspecified atom stereocenters. The summed E-state index contributed by atoms with van der Waals surface area (Å²) in [5, 5.41) is 8.91. The van der Waals surface area contributed by atoms with Crippen molar-refractivity contribution in [3.8, 4) is 0 Å². The summed E-state index contributed by atoms with van der Waals surface area (Å²) >= 11 is 1.05. The van der Waals surface area contributed by atoms with Crippen molar-refractivity contribution in [2.24, 2.45) is 0 Å². The van der Waals surface area contributed by atoms with Gasteiger partial charge in [0.15, 0.2) is 23.3 Å². The minimum absolute atomic E-state index is 0.285. The zero-order chi connectivity index (χ0) is 24.5. The average molecular weight is 481 g/mol. The fourth-order valence-corrected chi connectivity index (χ4v) is 3.92. The molecule has 0 spiro atoms. The number of carboxylic acid groups (broad SMARTS) is 1. The molecule has 33 heavy (non-hydrogen) atoms. The fraction of sp³-hybridized carbons (Fsp3) is 0.333. The highest BCUT2D eigenvalue weighted by molar-refractivity contribution is 7.13. The smallest absolute Gasteiger partial charge is 0.333 e. The number of carboxylic acids is 1. The molecule has 0 radical (unpaired) electrons. The van der Waals surface area contributed by atoms with E-state index >= 15 is 0 Å². The molecule has 176 valence electrons. The van der Waals surface area contributed by atoms with Gasteiger partial charge in [0.05, 0.1) is 12.1 Å². The first-order valence-electron chi connectivity index (χ1n) is 10.5. The molecule has 2 rings (SSSR count). The standard InChI is InChI=1S/C24H24F4N2O2S/c1-4-6-12-30(13-7-5-2)23-21(27)19(25)17(20(26)22(23)28)11-10-15-8-9-16(33-15)14-18(29-3)24(31)32/h8-11,14H,4-7,12-13H2,1-2H3,(H,31,32)/b11-10+,18-14-. The zero-order valence-corrected chi connectivity index (χ0v) is 19.1. The van der Waals surface area contributed by atoms with Crippen LogP contribution in [0.2, 0.25) is 0 Å². The van der Waals surface area contributed by atoms with Crippen molar-refractivity contribution in [2.75, 3.05) is 18.0 Å². The SMILES string of the molecule is [C-]#[N+]/C(=C\c1ccc(/C=C/c2c(F)c(F)c(N(CCCC)CCCC)c(F)c2F)s1)C(=O)O. The number of nitrogens with zero attached hydrogens (tertiary/aromatic N) is 2. The normalized spacial score (nSPS) is 11.7. The zero-order valence-electron chi connectivity index (χ0n) is 18.3. The lowest BCUT2D eigenvalue weighted by Gasteiger charge is -2.26. The van der Waals surface area contributed by atoms with E-state index in [-0.39, 0.29) is 13.1 Å². The van der Waals surface area contributed by atoms with Gasteiger partial charge in [-0.2, -0.15) is 0 Å². The Balaban J connectivity index is 2.40. The first-order valence-corrected chi connectivity index (χ1v) is 11.3. The Morgan fingerprint density at radius 3 is 2.03 bits per heavy atom. The summed E-state index contributed by atoms with van der Waals surface area (Å²) in [6.45, 7) is 11.3. The number of hydrogen-bond acceptors (Lipinski definition) is 3. The molecule has 4 nitrogen and oxygen atoms in total. The molecule has 1 aromatic carbocycles. The van der Waals surface area contributed by atoms with Gasteiger partial charge in [0, 0.05) is 22.8 Å². The first-order chi connectivity index (χ1) is 15.7. The predicted molar refractivity (Wildman–Crippen MR) is 124 cm³/mol. The van der Waals surface area contributed by atoms with Gasteiger partial charge in [-0.25, -0.2) is 22.4 Å². The van der Waals surface area contributed by atoms with Crippen LogP contribution in [0.15, 0.2) is 17.8 Å². The molecule has 0 atom stereocenters. The second-order valence-electron chi connectivity index (χ2n) is 7.23. The third kappa shape index (κ3) is 6.45. The summed E-state index contributed by atoms with van der Waals surface area (Å²) in [6.07, 6.45) is 6.15. The molecule has 0 aliphatic rings. The van der Waals surface area contributed by atoms with Gasteiger partial charge in [-0.1, -0.05) is 26.7 Å². The minimum Gasteiger partial charge on any atom is -0.486 e. The lowest BCUT2D eigenvalue weighted by Crippen LogP contribution is -2.28. The molecule has 0 fully saturated rings. The van der Waals surface area contributed by atoms with Crippen molar-refractivity contribution in [3.05, 3.63) is 67.8 Å². The van der Waals surface area contributed by atoms with Gasteiger partial charge in [0.1, 0.15) is 5.69 Å². The molecule has 0 saturated heterocycles. The predicted octanol–water partition coefficient (Wildman–Crippen LogP) is 7.23. The minimum atomic E-state index is -1.48. The van der Waals surface area contributed by atoms with E-state index in [0.29, 0.717) is 22.6 Å². The number of carbonyl (C=O) groups is 1. The van der Waals surface area contributed by atoms with Gasteiger partial charge < -0.3 is 10.0 Å². The number of aliphatic carboxylic acids is 1. The summed E-state index contributed by atoms with van der Waals surface area (Å²) in [5.74, 6) is -7.19. The summed E-state index contributed by atoms with van der Waals surface area (Å²) in [7, 11) is 0. The lowest BCUT2D eigenvalue weighted by molar-refractivity contribution is -0.132. The summed E-state index contributed by atoms with van der Waals surface area (Å²) < 4.78 is 59.2. The number of rotatable bonds is 11. The lowest BCUT2D eigenvalue weighted by atomic mass is 10.1. The average Bonchev–Trinajstić information content (AvgIpc) is 3.24. The van der Waals surface area contributed by atoms with E-state index in [1.54, 1.807) is 0 Å². The van der Waals surface area contributed by atoms with Gasteiger partial charge in [0.2, 0.25) is 0 Å². The molecular weight excluding hydrogens is 456 g/mol. The van der Waals surface area contributed by atoms with Crippen molar-refractivity contribution in [1.29, 1.82) is 0 Å². The van der Waals surface area contributed by atoms with Crippen molar-refractivity contribution >= 4 is 41.2 Å². The molecular formula is C24H24F4N2O2S. The van der Waals surface area contributed by atoms with Crippen LogP contribution in [0.4, 0.5) is 23.2 Å². The van der Waals surface area contributed by atoms with Crippen LogP contribution in [-0.4, -0.2) is 24.2 Å². The van der Waals surface area contributed by atoms with E-state index in [9.17, 15) is 22.4 Å². The molecule has 0 aliphatic heterocycles. The van der Waals surface area contributed by atoms with Crippen molar-refractivity contribution in [2.45, 2.75) is 39.5 Å². The molecule has 0 saturated carbocycles. The van der Waals surface area contributed by atoms with Crippen molar-refractivity contribution < 1.29 is 27.5 Å². The molecule has 0 aliphatic carbocycles. The number of anilines is 1. The summed E-state index contributed by atoms with van der Waals surface area (Å²) in [5.41, 5.74) is -2.01. The second kappa shape index (κ2) is 12.2. The quantitative estimate of drug-likeness (QED) is 0.160. The maximum atomic E-state index is 14.8. The summed E-state index contributed by atoms with van der Waals surface area (Å²) in [6, 6.07) is 3.05. The van der Waals surface area contributed by atoms with Crippen molar-refractivity contribution in [3.63, 3.8) is 0 Å². The maximum Gasteiger partial charge on any atom is 0.333 e. The van der Waals surface area contributed by atoms with Crippen LogP contribution >= 0.6 is 11.3 Å². The Kier molecular flexibility index (Phi) is 9.67. The van der Waals surface area contributed by atoms with Crippen LogP contribution in [0.1, 0.15) is 54.8 Å². The van der Waals surface area contributed by atoms with E-state index in [4.69, 9.17) is 11.7 Å². The Morgan fingerprint density at radius 2 is 1.55 bits per heavy atom. The molecule has 0 bridgehead atoms. The molecule has 0 amide bonds. The van der Waals surface area contributed by atoms with Crippen LogP contribution in [0.5, 0.6) is 0 Å². The monoisotopic (exact) mass is 480 g/mol. The van der Waals surface area contributed by atoms with E-state index in [0.717, 1.165) is 36.3 Å². The number of unbranched alkanes of at least 4 members (excludes halogenated alkanes) is 2. The van der Waals surface area contributed by atoms with Crippen LogP contribution < -0.4 is 4.90 Å². The third-order valence-corrected chi connectivity index (χ3v) is 5.83. The Labute approximate surface area is 194 Å². The van der Waals surface area contributed by atoms with E-state index in [2.05, 4.69) is 4.85 Å². The van der Waals surface area contributed by atoms with Gasteiger partial charge >= 0.3 is 5.97 Å². The summed E-state index contributed by atoms with van der Waals surface area (Å²) in [4.78, 5) is 16.1. The number of thiophene rings is 1. The highest BCUT2D eigenvalue weighted by atomic mass is 32.1. The molecule has 1 heterocycles. The topological polar surface area (TPSA) is 44.9 Å². The first kappa shape index (κ1) is 26.1. The van der Waals surface area contributed by atoms with Gasteiger partial charge in [-0.3, -0.25) is 4.79 Å². The number of benzene rings is 1. The van der Waals surface area contributed by atoms with Crippen molar-refractivity contribution in [1.82, 2.24) is 0 Å². The van der Waals surface area contributed by atoms with Gasteiger partial charge in [-0.15, -0.1) is 11.3 Å². The fourth-order valence-electron chi connectivity index (χ4n) is 3.07. The van der Waals surface area contributed by atoms with Crippen LogP contribution in [0, 0.1) is 29.8 Å². The Bertz CT molecular complexity index is 1070. The maximum absolute atomic E-state index is 14.8.